The Morgan fingerprint density at radius 3 is 2.81 bits per heavy atom. The van der Waals surface area contributed by atoms with Gasteiger partial charge in [-0.2, -0.15) is 0 Å². The second-order valence-corrected chi connectivity index (χ2v) is 6.57. The average molecular weight is 350 g/mol. The van der Waals surface area contributed by atoms with Crippen LogP contribution in [0, 0.1) is 6.85 Å². The van der Waals surface area contributed by atoms with Crippen molar-refractivity contribution in [1.29, 1.82) is 0 Å². The van der Waals surface area contributed by atoms with E-state index < -0.39 is 12.7 Å². The predicted molar refractivity (Wildman–Crippen MR) is 108 cm³/mol. The summed E-state index contributed by atoms with van der Waals surface area (Å²) in [4.78, 5) is 4.19. The van der Waals surface area contributed by atoms with E-state index in [2.05, 4.69) is 4.98 Å². The summed E-state index contributed by atoms with van der Waals surface area (Å²) in [6.07, 6.45) is 7.35. The van der Waals surface area contributed by atoms with Crippen molar-refractivity contribution >= 4 is 11.0 Å². The molecule has 26 heavy (non-hydrogen) atoms. The number of pyridine rings is 1. The van der Waals surface area contributed by atoms with Gasteiger partial charge in [0.2, 0.25) is 0 Å². The first kappa shape index (κ1) is 11.2. The van der Waals surface area contributed by atoms with Crippen LogP contribution >= 0.6 is 0 Å². The lowest BCUT2D eigenvalue weighted by atomic mass is 9.83. The summed E-state index contributed by atoms with van der Waals surface area (Å²) in [5.74, 6) is -0.707. The first-order valence-corrected chi connectivity index (χ1v) is 9.03. The van der Waals surface area contributed by atoms with Crippen LogP contribution in [0.4, 0.5) is 0 Å². The zero-order chi connectivity index (χ0) is 22.9. The summed E-state index contributed by atoms with van der Waals surface area (Å²) in [5.41, 5.74) is 1.83. The zero-order valence-electron chi connectivity index (χ0n) is 20.6. The highest BCUT2D eigenvalue weighted by Gasteiger charge is 2.18. The maximum absolute atomic E-state index is 9.08. The van der Waals surface area contributed by atoms with Gasteiger partial charge in [0.15, 0.2) is 0 Å². The van der Waals surface area contributed by atoms with Crippen molar-refractivity contribution in [2.24, 2.45) is 0 Å². The smallest absolute Gasteiger partial charge is 0.137 e. The van der Waals surface area contributed by atoms with Crippen molar-refractivity contribution in [2.75, 3.05) is 0 Å². The molecule has 0 atom stereocenters. The van der Waals surface area contributed by atoms with E-state index >= 15 is 0 Å². The fraction of sp³-hybridized carbons (Fsp3) is 0.292. The van der Waals surface area contributed by atoms with Crippen molar-refractivity contribution in [3.63, 3.8) is 0 Å². The maximum Gasteiger partial charge on any atom is 0.137 e. The van der Waals surface area contributed by atoms with Gasteiger partial charge in [0.1, 0.15) is 11.8 Å². The monoisotopic (exact) mass is 349 g/mol. The summed E-state index contributed by atoms with van der Waals surface area (Å²) in [5, 5.41) is 0.861. The van der Waals surface area contributed by atoms with E-state index in [9.17, 15) is 0 Å². The molecule has 0 radical (unpaired) electrons. The molecule has 3 aromatic rings. The lowest BCUT2D eigenvalue weighted by Crippen LogP contribution is -2.04. The Balaban J connectivity index is 1.91. The minimum absolute atomic E-state index is 0.173. The quantitative estimate of drug-likeness (QED) is 0.499. The number of benzene rings is 1. The van der Waals surface area contributed by atoms with Crippen LogP contribution in [0.2, 0.25) is 0 Å². The van der Waals surface area contributed by atoms with Crippen LogP contribution in [-0.2, 0) is 0 Å². The highest BCUT2D eigenvalue weighted by atomic mass is 16.3. The first-order valence-electron chi connectivity index (χ1n) is 12.0. The van der Waals surface area contributed by atoms with Crippen LogP contribution in [0.15, 0.2) is 71.4 Å². The highest BCUT2D eigenvalue weighted by Crippen LogP contribution is 2.36. The second-order valence-electron chi connectivity index (χ2n) is 6.57. The third-order valence-corrected chi connectivity index (χ3v) is 4.76. The molecule has 0 bridgehead atoms. The molecule has 2 heteroatoms. The summed E-state index contributed by atoms with van der Waals surface area (Å²) >= 11 is 0. The van der Waals surface area contributed by atoms with Crippen LogP contribution in [0.1, 0.15) is 57.3 Å². The first-order chi connectivity index (χ1) is 15.2. The standard InChI is InChI=1S/C24H25NO/c1-18-14-15-23(25-16-18)21-11-6-5-10-20-12-7-13-22(24(20)26-17-21)19-8-3-2-4-9-19/h5-7,10-17,19H,2-4,8-9H2,1H3/i1D3,14D,15D,19D. The van der Waals surface area contributed by atoms with E-state index in [1.165, 1.54) is 6.26 Å². The lowest BCUT2D eigenvalue weighted by Gasteiger charge is -2.22. The van der Waals surface area contributed by atoms with Gasteiger partial charge < -0.3 is 4.42 Å². The van der Waals surface area contributed by atoms with Crippen molar-refractivity contribution in [3.8, 4) is 11.3 Å². The van der Waals surface area contributed by atoms with Crippen molar-refractivity contribution < 1.29 is 12.6 Å². The number of nitrogens with zero attached hydrogens (tertiary/aromatic N) is 1. The van der Waals surface area contributed by atoms with E-state index in [-0.39, 0.29) is 23.3 Å². The van der Waals surface area contributed by atoms with Gasteiger partial charge in [-0.1, -0.05) is 61.7 Å². The number of hydrogen-bond donors (Lipinski definition) is 0. The van der Waals surface area contributed by atoms with Gasteiger partial charge in [0.05, 0.1) is 8.44 Å². The van der Waals surface area contributed by atoms with Crippen molar-refractivity contribution in [1.82, 2.24) is 4.98 Å². The molecule has 0 N–H and O–H groups in total. The molecule has 1 aliphatic rings. The largest absolute Gasteiger partial charge is 0.463 e. The number of rotatable bonds is 2. The Morgan fingerprint density at radius 1 is 1.08 bits per heavy atom. The molecule has 1 fully saturated rings. The Hall–Kier alpha value is -2.61. The normalized spacial score (nSPS) is 20.0. The molecule has 132 valence electrons. The van der Waals surface area contributed by atoms with E-state index in [0.717, 1.165) is 49.3 Å². The van der Waals surface area contributed by atoms with E-state index in [4.69, 9.17) is 12.6 Å². The van der Waals surface area contributed by atoms with Crippen LogP contribution < -0.4 is 0 Å². The number of aromatic nitrogens is 1. The molecule has 1 aliphatic carbocycles. The summed E-state index contributed by atoms with van der Waals surface area (Å²) in [6.45, 7) is -2.50. The third-order valence-electron chi connectivity index (χ3n) is 4.76. The molecule has 4 rings (SSSR count). The third kappa shape index (κ3) is 3.65. The van der Waals surface area contributed by atoms with Gasteiger partial charge in [-0.05, 0) is 48.8 Å². The Bertz CT molecular complexity index is 1190. The van der Waals surface area contributed by atoms with E-state index in [0.29, 0.717) is 11.1 Å². The predicted octanol–water partition coefficient (Wildman–Crippen LogP) is 6.98. The molecular weight excluding hydrogens is 318 g/mol. The molecule has 0 unspecified atom stereocenters. The average Bonchev–Trinajstić information content (AvgIpc) is 2.85. The van der Waals surface area contributed by atoms with E-state index in [1.807, 2.05) is 30.3 Å². The molecule has 0 aliphatic heterocycles. The van der Waals surface area contributed by atoms with Gasteiger partial charge in [-0.3, -0.25) is 4.98 Å². The minimum Gasteiger partial charge on any atom is -0.463 e. The number of aryl methyl sites for hydroxylation is 1. The highest BCUT2D eigenvalue weighted by molar-refractivity contribution is 5.79. The summed E-state index contributed by atoms with van der Waals surface area (Å²) < 4.78 is 54.3. The number of para-hydroxylation sites is 1. The Labute approximate surface area is 163 Å². The van der Waals surface area contributed by atoms with Crippen LogP contribution in [0.3, 0.4) is 0 Å². The van der Waals surface area contributed by atoms with Gasteiger partial charge >= 0.3 is 0 Å². The molecule has 0 saturated heterocycles. The fourth-order valence-electron chi connectivity index (χ4n) is 3.43. The van der Waals surface area contributed by atoms with Gasteiger partial charge in [0.25, 0.3) is 0 Å². The topological polar surface area (TPSA) is 26.0 Å². The molecular formula is C24H25NO. The van der Waals surface area contributed by atoms with Gasteiger partial charge in [-0.25, -0.2) is 0 Å². The molecule has 2 heterocycles. The number of fused-ring (bicyclic) bond motifs is 1. The lowest BCUT2D eigenvalue weighted by molar-refractivity contribution is 0.441. The zero-order valence-corrected chi connectivity index (χ0v) is 14.6. The van der Waals surface area contributed by atoms with Crippen molar-refractivity contribution in [3.05, 3.63) is 78.1 Å². The molecule has 2 aromatic heterocycles. The second kappa shape index (κ2) is 7.74. The fourth-order valence-corrected chi connectivity index (χ4v) is 3.43. The van der Waals surface area contributed by atoms with Gasteiger partial charge in [0, 0.05) is 22.6 Å². The summed E-state index contributed by atoms with van der Waals surface area (Å²) in [6, 6.07) is 12.5. The molecule has 2 nitrogen and oxygen atoms in total. The molecule has 1 aromatic carbocycles. The molecule has 0 amide bonds. The van der Waals surface area contributed by atoms with Crippen LogP contribution in [0.5, 0.6) is 0 Å². The Kier molecular flexibility index (Phi) is 3.33. The van der Waals surface area contributed by atoms with Crippen molar-refractivity contribution in [2.45, 2.75) is 44.8 Å². The van der Waals surface area contributed by atoms with Gasteiger partial charge in [-0.15, -0.1) is 0 Å². The molecule has 0 spiro atoms. The Morgan fingerprint density at radius 2 is 1.92 bits per heavy atom. The molecule has 1 saturated carbocycles. The van der Waals surface area contributed by atoms with Crippen LogP contribution in [0.25, 0.3) is 22.2 Å². The minimum atomic E-state index is -2.50. The SMILES string of the molecule is [2H]c1c(C([2H])([2H])[2H])cnc(-c2ccccc3cccc(C4([2H])CCCCC4)c3oc2)c1[2H]. The number of hydrogen-bond acceptors (Lipinski definition) is 2. The summed E-state index contributed by atoms with van der Waals surface area (Å²) in [7, 11) is 0. The van der Waals surface area contributed by atoms with E-state index in [1.54, 1.807) is 12.1 Å². The maximum atomic E-state index is 9.08. The van der Waals surface area contributed by atoms with Crippen LogP contribution in [-0.4, -0.2) is 4.98 Å².